The summed E-state index contributed by atoms with van der Waals surface area (Å²) in [5.74, 6) is -0.279. The molecule has 2 unspecified atom stereocenters. The van der Waals surface area contributed by atoms with Gasteiger partial charge in [-0.3, -0.25) is 9.69 Å². The van der Waals surface area contributed by atoms with Crippen molar-refractivity contribution in [1.82, 2.24) is 10.2 Å². The smallest absolute Gasteiger partial charge is 0.237 e. The highest BCUT2D eigenvalue weighted by molar-refractivity contribution is 5.84. The molecule has 0 heterocycles. The molecule has 0 radical (unpaired) electrons. The second kappa shape index (κ2) is 8.54. The number of nitrogens with zero attached hydrogens (tertiary/aromatic N) is 1. The van der Waals surface area contributed by atoms with E-state index < -0.39 is 5.54 Å². The second-order valence-electron chi connectivity index (χ2n) is 6.04. The topological polar surface area (TPSA) is 58.4 Å². The zero-order valence-corrected chi connectivity index (χ0v) is 13.6. The molecule has 114 valence electrons. The van der Waals surface area contributed by atoms with Crippen LogP contribution in [-0.4, -0.2) is 42.0 Å². The first-order chi connectivity index (χ1) is 8.78. The number of unbranched alkanes of at least 4 members (excludes halogenated alkanes) is 2. The predicted molar refractivity (Wildman–Crippen MR) is 82.1 cm³/mol. The highest BCUT2D eigenvalue weighted by Gasteiger charge is 2.33. The number of primary amides is 1. The molecular formula is C15H33N3O. The summed E-state index contributed by atoms with van der Waals surface area (Å²) in [4.78, 5) is 14.0. The third-order valence-corrected chi connectivity index (χ3v) is 4.05. The normalized spacial score (nSPS) is 16.6. The molecule has 3 N–H and O–H groups in total. The van der Waals surface area contributed by atoms with Crippen LogP contribution in [0.4, 0.5) is 0 Å². The van der Waals surface area contributed by atoms with Gasteiger partial charge in [-0.1, -0.05) is 19.8 Å². The van der Waals surface area contributed by atoms with E-state index in [1.807, 2.05) is 6.92 Å². The van der Waals surface area contributed by atoms with Crippen LogP contribution in [0, 0.1) is 0 Å². The van der Waals surface area contributed by atoms with E-state index in [-0.39, 0.29) is 5.91 Å². The predicted octanol–water partition coefficient (Wildman–Crippen LogP) is 2.13. The van der Waals surface area contributed by atoms with Crippen LogP contribution in [0.3, 0.4) is 0 Å². The Balaban J connectivity index is 4.62. The van der Waals surface area contributed by atoms with Crippen molar-refractivity contribution in [3.05, 3.63) is 0 Å². The SMILES string of the molecule is CCCCCN(C(C)C)C(C)CC(C)(NC)C(N)=O. The third kappa shape index (κ3) is 5.91. The van der Waals surface area contributed by atoms with Gasteiger partial charge in [-0.2, -0.15) is 0 Å². The highest BCUT2D eigenvalue weighted by atomic mass is 16.1. The monoisotopic (exact) mass is 271 g/mol. The number of hydrogen-bond donors (Lipinski definition) is 2. The van der Waals surface area contributed by atoms with E-state index in [1.54, 1.807) is 7.05 Å². The minimum atomic E-state index is -0.628. The van der Waals surface area contributed by atoms with Crippen LogP contribution in [0.5, 0.6) is 0 Å². The lowest BCUT2D eigenvalue weighted by Crippen LogP contribution is -2.55. The Hall–Kier alpha value is -0.610. The van der Waals surface area contributed by atoms with Crippen molar-refractivity contribution in [2.45, 2.75) is 77.9 Å². The van der Waals surface area contributed by atoms with Crippen LogP contribution in [0.25, 0.3) is 0 Å². The number of carbonyl (C=O) groups excluding carboxylic acids is 1. The van der Waals surface area contributed by atoms with Gasteiger partial charge in [-0.15, -0.1) is 0 Å². The Morgan fingerprint density at radius 3 is 2.26 bits per heavy atom. The summed E-state index contributed by atoms with van der Waals surface area (Å²) >= 11 is 0. The maximum absolute atomic E-state index is 11.6. The summed E-state index contributed by atoms with van der Waals surface area (Å²) < 4.78 is 0. The van der Waals surface area contributed by atoms with E-state index in [0.717, 1.165) is 13.0 Å². The van der Waals surface area contributed by atoms with Gasteiger partial charge in [0.1, 0.15) is 0 Å². The van der Waals surface area contributed by atoms with Crippen molar-refractivity contribution in [2.75, 3.05) is 13.6 Å². The van der Waals surface area contributed by atoms with Crippen LogP contribution < -0.4 is 11.1 Å². The molecule has 1 amide bonds. The molecule has 0 aromatic carbocycles. The summed E-state index contributed by atoms with van der Waals surface area (Å²) in [6.45, 7) is 11.8. The molecule has 19 heavy (non-hydrogen) atoms. The molecule has 0 fully saturated rings. The van der Waals surface area contributed by atoms with Gasteiger partial charge in [0, 0.05) is 12.1 Å². The fourth-order valence-electron chi connectivity index (χ4n) is 2.57. The lowest BCUT2D eigenvalue weighted by Gasteiger charge is -2.37. The van der Waals surface area contributed by atoms with Gasteiger partial charge < -0.3 is 11.1 Å². The quantitative estimate of drug-likeness (QED) is 0.598. The Kier molecular flexibility index (Phi) is 8.26. The van der Waals surface area contributed by atoms with Crippen LogP contribution in [-0.2, 0) is 4.79 Å². The molecule has 0 aliphatic carbocycles. The number of nitrogens with one attached hydrogen (secondary N) is 1. The minimum Gasteiger partial charge on any atom is -0.368 e. The van der Waals surface area contributed by atoms with Gasteiger partial charge >= 0.3 is 0 Å². The molecule has 0 aliphatic rings. The number of nitrogens with two attached hydrogens (primary N) is 1. The maximum Gasteiger partial charge on any atom is 0.237 e. The molecule has 0 aromatic rings. The van der Waals surface area contributed by atoms with E-state index in [9.17, 15) is 4.79 Å². The Bertz CT molecular complexity index is 268. The van der Waals surface area contributed by atoms with Gasteiger partial charge in [0.25, 0.3) is 0 Å². The van der Waals surface area contributed by atoms with E-state index in [1.165, 1.54) is 19.3 Å². The van der Waals surface area contributed by atoms with Gasteiger partial charge in [-0.25, -0.2) is 0 Å². The number of rotatable bonds is 10. The highest BCUT2D eigenvalue weighted by Crippen LogP contribution is 2.18. The molecule has 4 nitrogen and oxygen atoms in total. The average molecular weight is 271 g/mol. The third-order valence-electron chi connectivity index (χ3n) is 4.05. The Morgan fingerprint density at radius 2 is 1.89 bits per heavy atom. The van der Waals surface area contributed by atoms with Crippen LogP contribution in [0.2, 0.25) is 0 Å². The van der Waals surface area contributed by atoms with E-state index in [0.29, 0.717) is 12.1 Å². The molecule has 2 atom stereocenters. The summed E-state index contributed by atoms with van der Waals surface area (Å²) in [6, 6.07) is 0.822. The van der Waals surface area contributed by atoms with Crippen molar-refractivity contribution in [1.29, 1.82) is 0 Å². The summed E-state index contributed by atoms with van der Waals surface area (Å²) in [5.41, 5.74) is 4.88. The van der Waals surface area contributed by atoms with E-state index >= 15 is 0 Å². The minimum absolute atomic E-state index is 0.279. The summed E-state index contributed by atoms with van der Waals surface area (Å²) in [7, 11) is 1.80. The van der Waals surface area contributed by atoms with Crippen LogP contribution in [0.15, 0.2) is 0 Å². The first kappa shape index (κ1) is 18.4. The van der Waals surface area contributed by atoms with Crippen molar-refractivity contribution in [3.63, 3.8) is 0 Å². The molecular weight excluding hydrogens is 238 g/mol. The molecule has 4 heteroatoms. The number of likely N-dealkylation sites (N-methyl/N-ethyl adjacent to an activating group) is 1. The molecule has 0 saturated carbocycles. The molecule has 0 spiro atoms. The molecule has 0 aromatic heterocycles. The van der Waals surface area contributed by atoms with E-state index in [2.05, 4.69) is 37.9 Å². The van der Waals surface area contributed by atoms with Crippen molar-refractivity contribution >= 4 is 5.91 Å². The molecule has 0 rings (SSSR count). The number of amides is 1. The first-order valence-corrected chi connectivity index (χ1v) is 7.53. The van der Waals surface area contributed by atoms with Crippen LogP contribution >= 0.6 is 0 Å². The Labute approximate surface area is 119 Å². The standard InChI is InChI=1S/C15H33N3O/c1-7-8-9-10-18(12(2)3)13(4)11-15(5,17-6)14(16)19/h12-13,17H,7-11H2,1-6H3,(H2,16,19). The fourth-order valence-corrected chi connectivity index (χ4v) is 2.57. The van der Waals surface area contributed by atoms with E-state index in [4.69, 9.17) is 5.73 Å². The molecule has 0 aliphatic heterocycles. The van der Waals surface area contributed by atoms with Gasteiger partial charge in [0.05, 0.1) is 5.54 Å². The fraction of sp³-hybridized carbons (Fsp3) is 0.933. The van der Waals surface area contributed by atoms with Gasteiger partial charge in [0.2, 0.25) is 5.91 Å². The average Bonchev–Trinajstić information content (AvgIpc) is 2.33. The first-order valence-electron chi connectivity index (χ1n) is 7.53. The second-order valence-corrected chi connectivity index (χ2v) is 6.04. The van der Waals surface area contributed by atoms with Gasteiger partial charge in [0.15, 0.2) is 0 Å². The largest absolute Gasteiger partial charge is 0.368 e. The number of hydrogen-bond acceptors (Lipinski definition) is 3. The molecule has 0 saturated heterocycles. The maximum atomic E-state index is 11.6. The van der Waals surface area contributed by atoms with Crippen molar-refractivity contribution in [2.24, 2.45) is 5.73 Å². The zero-order chi connectivity index (χ0) is 15.1. The van der Waals surface area contributed by atoms with Crippen LogP contribution in [0.1, 0.15) is 60.3 Å². The summed E-state index contributed by atoms with van der Waals surface area (Å²) in [6.07, 6.45) is 4.44. The number of carbonyl (C=O) groups is 1. The lowest BCUT2D eigenvalue weighted by atomic mass is 9.91. The zero-order valence-electron chi connectivity index (χ0n) is 13.6. The summed E-state index contributed by atoms with van der Waals surface area (Å²) in [5, 5.41) is 3.07. The van der Waals surface area contributed by atoms with Gasteiger partial charge in [-0.05, 0) is 54.1 Å². The van der Waals surface area contributed by atoms with Crippen molar-refractivity contribution < 1.29 is 4.79 Å². The lowest BCUT2D eigenvalue weighted by molar-refractivity contribution is -0.124. The Morgan fingerprint density at radius 1 is 1.32 bits per heavy atom. The van der Waals surface area contributed by atoms with Crippen molar-refractivity contribution in [3.8, 4) is 0 Å². The molecule has 0 bridgehead atoms.